The fourth-order valence-electron chi connectivity index (χ4n) is 2.29. The molecule has 1 aromatic carbocycles. The van der Waals surface area contributed by atoms with Crippen LogP contribution in [0, 0.1) is 0 Å². The van der Waals surface area contributed by atoms with Gasteiger partial charge in [-0.1, -0.05) is 11.3 Å². The number of benzene rings is 1. The zero-order chi connectivity index (χ0) is 13.9. The van der Waals surface area contributed by atoms with E-state index >= 15 is 0 Å². The number of hydrogen-bond acceptors (Lipinski definition) is 4. The maximum atomic E-state index is 5.22. The van der Waals surface area contributed by atoms with Gasteiger partial charge < -0.3 is 4.74 Å². The minimum absolute atomic E-state index is 0.826. The van der Waals surface area contributed by atoms with Crippen molar-refractivity contribution in [3.8, 4) is 5.75 Å². The Bertz CT molecular complexity index is 628. The Morgan fingerprint density at radius 2 is 2.20 bits per heavy atom. The van der Waals surface area contributed by atoms with Crippen LogP contribution in [-0.4, -0.2) is 18.3 Å². The maximum absolute atomic E-state index is 5.22. The average molecular weight is 351 g/mol. The number of nitrogens with zero attached hydrogens (tertiary/aromatic N) is 2. The molecule has 104 valence electrons. The predicted molar refractivity (Wildman–Crippen MR) is 86.7 cm³/mol. The third kappa shape index (κ3) is 2.94. The number of halogens is 1. The van der Waals surface area contributed by atoms with Crippen LogP contribution in [0.2, 0.25) is 0 Å². The summed E-state index contributed by atoms with van der Waals surface area (Å²) in [7, 11) is 1.66. The Morgan fingerprint density at radius 1 is 1.35 bits per heavy atom. The van der Waals surface area contributed by atoms with Crippen molar-refractivity contribution in [1.29, 1.82) is 0 Å². The molecule has 0 amide bonds. The van der Waals surface area contributed by atoms with E-state index in [1.165, 1.54) is 23.4 Å². The van der Waals surface area contributed by atoms with Crippen molar-refractivity contribution >= 4 is 38.6 Å². The molecule has 5 heteroatoms. The molecule has 1 heterocycles. The van der Waals surface area contributed by atoms with Crippen LogP contribution in [0.25, 0.3) is 0 Å². The molecule has 20 heavy (non-hydrogen) atoms. The Hall–Kier alpha value is -1.20. The van der Waals surface area contributed by atoms with Crippen molar-refractivity contribution in [3.05, 3.63) is 38.8 Å². The summed E-state index contributed by atoms with van der Waals surface area (Å²) in [5, 5.41) is 0.865. The van der Waals surface area contributed by atoms with Gasteiger partial charge in [-0.2, -0.15) is 0 Å². The van der Waals surface area contributed by atoms with Crippen LogP contribution in [0.4, 0.5) is 5.13 Å². The van der Waals surface area contributed by atoms with E-state index in [0.717, 1.165) is 33.8 Å². The molecule has 0 spiro atoms. The second-order valence-corrected chi connectivity index (χ2v) is 6.64. The molecule has 3 nitrogen and oxygen atoms in total. The van der Waals surface area contributed by atoms with Gasteiger partial charge in [0.15, 0.2) is 0 Å². The summed E-state index contributed by atoms with van der Waals surface area (Å²) in [6.07, 6.45) is 6.66. The molecule has 1 aliphatic carbocycles. The van der Waals surface area contributed by atoms with Gasteiger partial charge in [0, 0.05) is 11.1 Å². The van der Waals surface area contributed by atoms with Crippen LogP contribution in [0.15, 0.2) is 27.7 Å². The number of hydrogen-bond donors (Lipinski definition) is 0. The zero-order valence-electron chi connectivity index (χ0n) is 11.2. The Kier molecular flexibility index (Phi) is 4.17. The largest absolute Gasteiger partial charge is 0.496 e. The molecular formula is C15H15BrN2OS. The number of aliphatic imine (C=N–C) groups is 1. The summed E-state index contributed by atoms with van der Waals surface area (Å²) in [5.41, 5.74) is 2.29. The molecule has 0 unspecified atom stereocenters. The summed E-state index contributed by atoms with van der Waals surface area (Å²) >= 11 is 5.20. The van der Waals surface area contributed by atoms with E-state index < -0.39 is 0 Å². The first-order valence-electron chi connectivity index (χ1n) is 6.62. The number of thiazole rings is 1. The van der Waals surface area contributed by atoms with Gasteiger partial charge in [-0.25, -0.2) is 9.98 Å². The molecule has 0 saturated heterocycles. The third-order valence-electron chi connectivity index (χ3n) is 3.33. The molecule has 1 aromatic heterocycles. The van der Waals surface area contributed by atoms with Crippen LogP contribution in [0.3, 0.4) is 0 Å². The molecule has 1 aliphatic rings. The second-order valence-electron chi connectivity index (χ2n) is 4.73. The van der Waals surface area contributed by atoms with Crippen molar-refractivity contribution in [2.24, 2.45) is 4.99 Å². The van der Waals surface area contributed by atoms with E-state index in [-0.39, 0.29) is 0 Å². The van der Waals surface area contributed by atoms with Crippen LogP contribution >= 0.6 is 27.3 Å². The first-order valence-corrected chi connectivity index (χ1v) is 8.23. The normalized spacial score (nSPS) is 14.5. The highest BCUT2D eigenvalue weighted by Gasteiger charge is 2.14. The number of fused-ring (bicyclic) bond motifs is 1. The monoisotopic (exact) mass is 350 g/mol. The van der Waals surface area contributed by atoms with Crippen molar-refractivity contribution in [2.75, 3.05) is 7.11 Å². The molecule has 0 atom stereocenters. The van der Waals surface area contributed by atoms with Gasteiger partial charge in [0.2, 0.25) is 5.13 Å². The minimum Gasteiger partial charge on any atom is -0.496 e. The summed E-state index contributed by atoms with van der Waals surface area (Å²) < 4.78 is 6.15. The standard InChI is InChI=1S/C15H15BrN2OS/c1-19-13-7-6-10(8-11(13)16)9-17-15-18-12-4-2-3-5-14(12)20-15/h6-9H,2-5H2,1H3/b17-9+. The summed E-state index contributed by atoms with van der Waals surface area (Å²) in [4.78, 5) is 10.5. The Labute approximate surface area is 130 Å². The van der Waals surface area contributed by atoms with Crippen molar-refractivity contribution < 1.29 is 4.74 Å². The molecule has 0 saturated carbocycles. The second kappa shape index (κ2) is 6.06. The summed E-state index contributed by atoms with van der Waals surface area (Å²) in [6.45, 7) is 0. The lowest BCUT2D eigenvalue weighted by Crippen LogP contribution is -1.98. The lowest BCUT2D eigenvalue weighted by Gasteiger charge is -2.06. The van der Waals surface area contributed by atoms with E-state index in [1.807, 2.05) is 24.4 Å². The maximum Gasteiger partial charge on any atom is 0.209 e. The quantitative estimate of drug-likeness (QED) is 0.761. The molecule has 0 radical (unpaired) electrons. The SMILES string of the molecule is COc1ccc(/C=N/c2nc3c(s2)CCCC3)cc1Br. The summed E-state index contributed by atoms with van der Waals surface area (Å²) in [5.74, 6) is 0.826. The molecular weight excluding hydrogens is 336 g/mol. The number of ether oxygens (including phenoxy) is 1. The van der Waals surface area contributed by atoms with Crippen LogP contribution in [0.1, 0.15) is 29.0 Å². The average Bonchev–Trinajstić information content (AvgIpc) is 2.88. The highest BCUT2D eigenvalue weighted by atomic mass is 79.9. The van der Waals surface area contributed by atoms with Gasteiger partial charge in [0.25, 0.3) is 0 Å². The molecule has 0 bridgehead atoms. The summed E-state index contributed by atoms with van der Waals surface area (Å²) in [6, 6.07) is 5.91. The Morgan fingerprint density at radius 3 is 2.95 bits per heavy atom. The van der Waals surface area contributed by atoms with Gasteiger partial charge in [0.05, 0.1) is 17.3 Å². The lowest BCUT2D eigenvalue weighted by atomic mass is 10.0. The van der Waals surface area contributed by atoms with Gasteiger partial charge in [-0.3, -0.25) is 0 Å². The van der Waals surface area contributed by atoms with E-state index in [1.54, 1.807) is 18.4 Å². The van der Waals surface area contributed by atoms with Gasteiger partial charge in [-0.15, -0.1) is 0 Å². The topological polar surface area (TPSA) is 34.5 Å². The highest BCUT2D eigenvalue weighted by molar-refractivity contribution is 9.10. The van der Waals surface area contributed by atoms with E-state index in [9.17, 15) is 0 Å². The van der Waals surface area contributed by atoms with Gasteiger partial charge in [-0.05, 0) is 65.4 Å². The fraction of sp³-hybridized carbons (Fsp3) is 0.333. The van der Waals surface area contributed by atoms with E-state index in [4.69, 9.17) is 4.74 Å². The molecule has 0 N–H and O–H groups in total. The molecule has 2 aromatic rings. The van der Waals surface area contributed by atoms with Gasteiger partial charge in [0.1, 0.15) is 5.75 Å². The van der Waals surface area contributed by atoms with Gasteiger partial charge >= 0.3 is 0 Å². The number of aryl methyl sites for hydroxylation is 2. The first-order chi connectivity index (χ1) is 9.76. The lowest BCUT2D eigenvalue weighted by molar-refractivity contribution is 0.412. The van der Waals surface area contributed by atoms with Crippen molar-refractivity contribution in [3.63, 3.8) is 0 Å². The number of rotatable bonds is 3. The highest BCUT2D eigenvalue weighted by Crippen LogP contribution is 2.31. The van der Waals surface area contributed by atoms with Crippen molar-refractivity contribution in [2.45, 2.75) is 25.7 Å². The fourth-order valence-corrected chi connectivity index (χ4v) is 3.84. The van der Waals surface area contributed by atoms with Crippen LogP contribution in [-0.2, 0) is 12.8 Å². The number of aromatic nitrogens is 1. The number of methoxy groups -OCH3 is 1. The zero-order valence-corrected chi connectivity index (χ0v) is 13.6. The predicted octanol–water partition coefficient (Wildman–Crippen LogP) is 4.54. The van der Waals surface area contributed by atoms with E-state index in [0.29, 0.717) is 0 Å². The Balaban J connectivity index is 1.79. The molecule has 0 aliphatic heterocycles. The van der Waals surface area contributed by atoms with E-state index in [2.05, 4.69) is 25.9 Å². The third-order valence-corrected chi connectivity index (χ3v) is 5.02. The molecule has 3 rings (SSSR count). The minimum atomic E-state index is 0.826. The van der Waals surface area contributed by atoms with Crippen LogP contribution < -0.4 is 4.74 Å². The molecule has 0 fully saturated rings. The van der Waals surface area contributed by atoms with Crippen molar-refractivity contribution in [1.82, 2.24) is 4.98 Å². The first kappa shape index (κ1) is 13.8. The van der Waals surface area contributed by atoms with Crippen LogP contribution in [0.5, 0.6) is 5.75 Å². The smallest absolute Gasteiger partial charge is 0.209 e.